The molecule has 1 heterocycles. The molecule has 3 rings (SSSR count). The molecule has 1 amide bonds. The van der Waals surface area contributed by atoms with Crippen molar-refractivity contribution in [3.05, 3.63) is 76.1 Å². The molecule has 0 fully saturated rings. The lowest BCUT2D eigenvalue weighted by Crippen LogP contribution is -2.37. The van der Waals surface area contributed by atoms with Crippen molar-refractivity contribution in [2.24, 2.45) is 0 Å². The molecule has 2 aromatic carbocycles. The Hall–Kier alpha value is -2.46. The number of nitrogens with zero attached hydrogens (tertiary/aromatic N) is 1. The lowest BCUT2D eigenvalue weighted by molar-refractivity contribution is -0.120. The predicted octanol–water partition coefficient (Wildman–Crippen LogP) is 4.76. The third-order valence-electron chi connectivity index (χ3n) is 4.52. The highest BCUT2D eigenvalue weighted by Crippen LogP contribution is 2.23. The number of carbonyl (C=O) groups excluding carboxylic acids is 1. The minimum Gasteiger partial charge on any atom is -0.355 e. The average molecular weight is 365 g/mol. The van der Waals surface area contributed by atoms with Crippen LogP contribution in [-0.2, 0) is 16.6 Å². The Kier molecular flexibility index (Phi) is 5.52. The fourth-order valence-corrected chi connectivity index (χ4v) is 3.47. The van der Waals surface area contributed by atoms with Gasteiger partial charge < -0.3 is 5.32 Å². The van der Waals surface area contributed by atoms with Crippen molar-refractivity contribution in [1.29, 1.82) is 0 Å². The van der Waals surface area contributed by atoms with Gasteiger partial charge in [0.15, 0.2) is 0 Å². The molecule has 0 aliphatic heterocycles. The van der Waals surface area contributed by atoms with Gasteiger partial charge in [0.05, 0.1) is 17.1 Å². The first-order valence-electron chi connectivity index (χ1n) is 8.78. The molecule has 0 spiro atoms. The highest BCUT2D eigenvalue weighted by Gasteiger charge is 2.21. The van der Waals surface area contributed by atoms with Gasteiger partial charge in [0.25, 0.3) is 0 Å². The summed E-state index contributed by atoms with van der Waals surface area (Å²) in [7, 11) is 0. The van der Waals surface area contributed by atoms with Gasteiger partial charge in [0.1, 0.15) is 0 Å². The minimum atomic E-state index is -0.0940. The van der Waals surface area contributed by atoms with Crippen LogP contribution in [0, 0.1) is 6.92 Å². The molecule has 4 heteroatoms. The van der Waals surface area contributed by atoms with Crippen LogP contribution in [0.1, 0.15) is 30.0 Å². The van der Waals surface area contributed by atoms with Crippen molar-refractivity contribution in [3.8, 4) is 11.3 Å². The molecule has 0 atom stereocenters. The SMILES string of the molecule is Cc1nc(-c2ccc(CC(=O)NCC(C)(C)c3ccccc3)cc2)cs1. The van der Waals surface area contributed by atoms with E-state index < -0.39 is 0 Å². The van der Waals surface area contributed by atoms with Gasteiger partial charge in [-0.05, 0) is 18.1 Å². The molecule has 0 saturated heterocycles. The lowest BCUT2D eigenvalue weighted by Gasteiger charge is -2.25. The van der Waals surface area contributed by atoms with E-state index in [1.165, 1.54) is 5.56 Å². The second-order valence-electron chi connectivity index (χ2n) is 7.15. The average Bonchev–Trinajstić information content (AvgIpc) is 3.08. The van der Waals surface area contributed by atoms with E-state index in [2.05, 4.69) is 41.7 Å². The number of carbonyl (C=O) groups is 1. The van der Waals surface area contributed by atoms with Crippen LogP contribution in [0.25, 0.3) is 11.3 Å². The summed E-state index contributed by atoms with van der Waals surface area (Å²) >= 11 is 1.65. The quantitative estimate of drug-likeness (QED) is 0.685. The van der Waals surface area contributed by atoms with Crippen LogP contribution >= 0.6 is 11.3 Å². The number of amides is 1. The summed E-state index contributed by atoms with van der Waals surface area (Å²) in [6.45, 7) is 6.91. The Labute approximate surface area is 159 Å². The first kappa shape index (κ1) is 18.3. The number of aryl methyl sites for hydroxylation is 1. The van der Waals surface area contributed by atoms with Gasteiger partial charge in [-0.1, -0.05) is 68.4 Å². The molecule has 0 unspecified atom stereocenters. The van der Waals surface area contributed by atoms with Gasteiger partial charge in [-0.3, -0.25) is 4.79 Å². The summed E-state index contributed by atoms with van der Waals surface area (Å²) in [5.74, 6) is 0.0475. The van der Waals surface area contributed by atoms with Crippen molar-refractivity contribution < 1.29 is 4.79 Å². The zero-order valence-corrected chi connectivity index (χ0v) is 16.3. The smallest absolute Gasteiger partial charge is 0.224 e. The highest BCUT2D eigenvalue weighted by molar-refractivity contribution is 7.09. The fraction of sp³-hybridized carbons (Fsp3) is 0.273. The largest absolute Gasteiger partial charge is 0.355 e. The number of hydrogen-bond acceptors (Lipinski definition) is 3. The fourth-order valence-electron chi connectivity index (χ4n) is 2.85. The van der Waals surface area contributed by atoms with Gasteiger partial charge in [-0.15, -0.1) is 11.3 Å². The third-order valence-corrected chi connectivity index (χ3v) is 5.29. The highest BCUT2D eigenvalue weighted by atomic mass is 32.1. The van der Waals surface area contributed by atoms with Crippen molar-refractivity contribution >= 4 is 17.2 Å². The molecule has 1 aromatic heterocycles. The summed E-state index contributed by atoms with van der Waals surface area (Å²) in [5.41, 5.74) is 4.22. The maximum absolute atomic E-state index is 12.3. The Morgan fingerprint density at radius 1 is 1.08 bits per heavy atom. The molecule has 134 valence electrons. The first-order valence-corrected chi connectivity index (χ1v) is 9.66. The predicted molar refractivity (Wildman–Crippen MR) is 108 cm³/mol. The molecule has 0 aliphatic carbocycles. The zero-order valence-electron chi connectivity index (χ0n) is 15.5. The monoisotopic (exact) mass is 364 g/mol. The van der Waals surface area contributed by atoms with E-state index in [0.717, 1.165) is 21.8 Å². The molecule has 1 N–H and O–H groups in total. The maximum atomic E-state index is 12.3. The van der Waals surface area contributed by atoms with Crippen LogP contribution < -0.4 is 5.32 Å². The van der Waals surface area contributed by atoms with Gasteiger partial charge in [-0.2, -0.15) is 0 Å². The van der Waals surface area contributed by atoms with Crippen LogP contribution in [-0.4, -0.2) is 17.4 Å². The van der Waals surface area contributed by atoms with Gasteiger partial charge >= 0.3 is 0 Å². The van der Waals surface area contributed by atoms with Crippen molar-refractivity contribution in [2.45, 2.75) is 32.6 Å². The van der Waals surface area contributed by atoms with Crippen LogP contribution in [0.15, 0.2) is 60.0 Å². The van der Waals surface area contributed by atoms with Gasteiger partial charge in [0.2, 0.25) is 5.91 Å². The van der Waals surface area contributed by atoms with E-state index in [-0.39, 0.29) is 11.3 Å². The van der Waals surface area contributed by atoms with Crippen LogP contribution in [0.2, 0.25) is 0 Å². The normalized spacial score (nSPS) is 11.3. The second-order valence-corrected chi connectivity index (χ2v) is 8.21. The van der Waals surface area contributed by atoms with Gasteiger partial charge in [0, 0.05) is 22.9 Å². The maximum Gasteiger partial charge on any atom is 0.224 e. The van der Waals surface area contributed by atoms with Crippen molar-refractivity contribution in [2.75, 3.05) is 6.54 Å². The second kappa shape index (κ2) is 7.83. The number of hydrogen-bond donors (Lipinski definition) is 1. The van der Waals surface area contributed by atoms with Crippen LogP contribution in [0.4, 0.5) is 0 Å². The van der Waals surface area contributed by atoms with Gasteiger partial charge in [-0.25, -0.2) is 4.98 Å². The van der Waals surface area contributed by atoms with E-state index in [4.69, 9.17) is 0 Å². The standard InChI is InChI=1S/C22H24N2OS/c1-16-24-20(14-26-16)18-11-9-17(10-12-18)13-21(25)23-15-22(2,3)19-7-5-4-6-8-19/h4-12,14H,13,15H2,1-3H3,(H,23,25). The molecule has 0 bridgehead atoms. The molecule has 26 heavy (non-hydrogen) atoms. The van der Waals surface area contributed by atoms with E-state index in [0.29, 0.717) is 13.0 Å². The molecule has 3 nitrogen and oxygen atoms in total. The summed E-state index contributed by atoms with van der Waals surface area (Å²) in [5, 5.41) is 6.19. The zero-order chi connectivity index (χ0) is 18.6. The van der Waals surface area contributed by atoms with Crippen LogP contribution in [0.5, 0.6) is 0 Å². The third kappa shape index (κ3) is 4.58. The topological polar surface area (TPSA) is 42.0 Å². The Morgan fingerprint density at radius 3 is 2.38 bits per heavy atom. The Balaban J connectivity index is 1.56. The number of nitrogens with one attached hydrogen (secondary N) is 1. The van der Waals surface area contributed by atoms with E-state index >= 15 is 0 Å². The summed E-state index contributed by atoms with van der Waals surface area (Å²) < 4.78 is 0. The van der Waals surface area contributed by atoms with Crippen LogP contribution in [0.3, 0.4) is 0 Å². The van der Waals surface area contributed by atoms with E-state index in [9.17, 15) is 4.79 Å². The summed E-state index contributed by atoms with van der Waals surface area (Å²) in [6, 6.07) is 18.4. The Bertz CT molecular complexity index is 867. The minimum absolute atomic E-state index is 0.0475. The summed E-state index contributed by atoms with van der Waals surface area (Å²) in [6.07, 6.45) is 0.390. The molecule has 3 aromatic rings. The Morgan fingerprint density at radius 2 is 1.77 bits per heavy atom. The molecular formula is C22H24N2OS. The number of benzene rings is 2. The first-order chi connectivity index (χ1) is 12.4. The molecule has 0 aliphatic rings. The number of thiazole rings is 1. The van der Waals surface area contributed by atoms with Crippen molar-refractivity contribution in [3.63, 3.8) is 0 Å². The lowest BCUT2D eigenvalue weighted by atomic mass is 9.84. The number of rotatable bonds is 6. The number of aromatic nitrogens is 1. The molecule has 0 saturated carbocycles. The van der Waals surface area contributed by atoms with E-state index in [1.807, 2.05) is 49.4 Å². The molecular weight excluding hydrogens is 340 g/mol. The summed E-state index contributed by atoms with van der Waals surface area (Å²) in [4.78, 5) is 16.8. The van der Waals surface area contributed by atoms with Crippen molar-refractivity contribution in [1.82, 2.24) is 10.3 Å². The molecule has 0 radical (unpaired) electrons. The van der Waals surface area contributed by atoms with E-state index in [1.54, 1.807) is 11.3 Å².